The van der Waals surface area contributed by atoms with Crippen LogP contribution in [-0.4, -0.2) is 85.1 Å². The van der Waals surface area contributed by atoms with E-state index in [1.807, 2.05) is 0 Å². The van der Waals surface area contributed by atoms with Crippen molar-refractivity contribution in [3.05, 3.63) is 41.5 Å². The van der Waals surface area contributed by atoms with E-state index in [-0.39, 0.29) is 75.4 Å². The van der Waals surface area contributed by atoms with Gasteiger partial charge in [-0.2, -0.15) is 27.1 Å². The molecule has 0 aliphatic carbocycles. The van der Waals surface area contributed by atoms with Crippen LogP contribution in [0.3, 0.4) is 0 Å². The fourth-order valence-corrected chi connectivity index (χ4v) is 3.31. The number of azo groups is 1. The van der Waals surface area contributed by atoms with Gasteiger partial charge in [0.15, 0.2) is 0 Å². The van der Waals surface area contributed by atoms with Crippen molar-refractivity contribution >= 4 is 96.4 Å². The van der Waals surface area contributed by atoms with E-state index in [0.29, 0.717) is 16.8 Å². The molecule has 0 unspecified atom stereocenters. The second kappa shape index (κ2) is 9.92. The van der Waals surface area contributed by atoms with E-state index in [1.54, 1.807) is 13.8 Å². The van der Waals surface area contributed by atoms with Crippen molar-refractivity contribution in [1.29, 1.82) is 0 Å². The molecule has 0 fully saturated rings. The number of aryl methyl sites for hydroxylation is 2. The number of nitrogens with zero attached hydrogens (tertiary/aromatic N) is 2. The van der Waals surface area contributed by atoms with Crippen molar-refractivity contribution in [1.82, 2.24) is 0 Å². The maximum absolute atomic E-state index is 11.3. The molecule has 0 heterocycles. The van der Waals surface area contributed by atoms with Gasteiger partial charge in [0.1, 0.15) is 4.90 Å². The number of anilines is 1. The molecule has 0 bridgehead atoms. The molecular weight excluding hydrogens is 416 g/mol. The second-order valence-electron chi connectivity index (χ2n) is 5.27. The number of nitrogen functional groups attached to an aromatic ring is 1. The Morgan fingerprint density at radius 2 is 1.44 bits per heavy atom. The van der Waals surface area contributed by atoms with Gasteiger partial charge in [-0.15, -0.1) is 0 Å². The van der Waals surface area contributed by atoms with Crippen LogP contribution in [0.1, 0.15) is 11.1 Å². The Morgan fingerprint density at radius 1 is 0.852 bits per heavy atom. The Kier molecular flexibility index (Phi) is 9.80. The maximum Gasteiger partial charge on any atom is 0.296 e. The van der Waals surface area contributed by atoms with Gasteiger partial charge in [-0.3, -0.25) is 9.11 Å². The molecule has 0 saturated carbocycles. The van der Waals surface area contributed by atoms with Crippen LogP contribution in [-0.2, 0) is 20.2 Å². The van der Waals surface area contributed by atoms with Gasteiger partial charge in [-0.1, -0.05) is 0 Å². The SMILES string of the molecule is Cc1cc(S(=O)(=O)O)ccc1N=Nc1cc(C)c(N)c(S(=O)(=O)O)c1.[Na].[Na]. The second-order valence-corrected chi connectivity index (χ2v) is 8.08. The topological polar surface area (TPSA) is 159 Å². The minimum absolute atomic E-state index is 0. The molecule has 9 nitrogen and oxygen atoms in total. The molecule has 2 radical (unpaired) electrons. The van der Waals surface area contributed by atoms with Crippen LogP contribution in [0.25, 0.3) is 0 Å². The first kappa shape index (κ1) is 26.7. The van der Waals surface area contributed by atoms with Gasteiger partial charge in [-0.05, 0) is 55.3 Å². The summed E-state index contributed by atoms with van der Waals surface area (Å²) in [6.45, 7) is 3.12. The molecule has 2 aromatic carbocycles. The largest absolute Gasteiger partial charge is 0.397 e. The zero-order chi connectivity index (χ0) is 19.0. The summed E-state index contributed by atoms with van der Waals surface area (Å²) in [5.74, 6) is 0. The van der Waals surface area contributed by atoms with Gasteiger partial charge < -0.3 is 5.73 Å². The van der Waals surface area contributed by atoms with Gasteiger partial charge in [0.2, 0.25) is 0 Å². The Morgan fingerprint density at radius 3 is 1.93 bits per heavy atom. The van der Waals surface area contributed by atoms with Gasteiger partial charge in [0.25, 0.3) is 20.2 Å². The van der Waals surface area contributed by atoms with Crippen LogP contribution in [0.5, 0.6) is 0 Å². The third-order valence-electron chi connectivity index (χ3n) is 3.35. The molecule has 27 heavy (non-hydrogen) atoms. The van der Waals surface area contributed by atoms with Crippen molar-refractivity contribution in [2.24, 2.45) is 10.2 Å². The van der Waals surface area contributed by atoms with Crippen molar-refractivity contribution in [3.63, 3.8) is 0 Å². The number of benzene rings is 2. The van der Waals surface area contributed by atoms with E-state index < -0.39 is 25.1 Å². The zero-order valence-electron chi connectivity index (χ0n) is 15.2. The molecule has 2 aromatic rings. The number of hydrogen-bond acceptors (Lipinski definition) is 7. The van der Waals surface area contributed by atoms with Crippen LogP contribution in [0, 0.1) is 13.8 Å². The molecule has 0 aromatic heterocycles. The average molecular weight is 431 g/mol. The summed E-state index contributed by atoms with van der Waals surface area (Å²) in [7, 11) is -8.83. The minimum atomic E-state index is -4.51. The smallest absolute Gasteiger partial charge is 0.296 e. The average Bonchev–Trinajstić information content (AvgIpc) is 2.47. The number of hydrogen-bond donors (Lipinski definition) is 3. The fourth-order valence-electron chi connectivity index (χ4n) is 2.03. The van der Waals surface area contributed by atoms with Crippen molar-refractivity contribution in [2.45, 2.75) is 23.6 Å². The van der Waals surface area contributed by atoms with Crippen LogP contribution in [0.4, 0.5) is 17.1 Å². The maximum atomic E-state index is 11.3. The van der Waals surface area contributed by atoms with E-state index in [1.165, 1.54) is 18.2 Å². The summed E-state index contributed by atoms with van der Waals surface area (Å²) in [6.07, 6.45) is 0. The summed E-state index contributed by atoms with van der Waals surface area (Å²) in [5, 5.41) is 7.81. The fraction of sp³-hybridized carbons (Fsp3) is 0.143. The van der Waals surface area contributed by atoms with Crippen molar-refractivity contribution in [2.75, 3.05) is 5.73 Å². The van der Waals surface area contributed by atoms with Crippen LogP contribution < -0.4 is 5.73 Å². The minimum Gasteiger partial charge on any atom is -0.397 e. The van der Waals surface area contributed by atoms with Crippen LogP contribution >= 0.6 is 0 Å². The molecule has 0 aliphatic heterocycles. The standard InChI is InChI=1S/C14H15N3O6S2.2Na/c1-8-6-11(24(18,19)20)3-4-12(8)17-16-10-5-9(2)14(15)13(7-10)25(21,22)23;;/h3-7H,15H2,1-2H3,(H,18,19,20)(H,21,22,23);;. The van der Waals surface area contributed by atoms with Gasteiger partial charge in [0.05, 0.1) is 22.0 Å². The zero-order valence-corrected chi connectivity index (χ0v) is 20.8. The first-order valence-electron chi connectivity index (χ1n) is 6.77. The first-order valence-corrected chi connectivity index (χ1v) is 9.65. The van der Waals surface area contributed by atoms with Crippen LogP contribution in [0.15, 0.2) is 50.4 Å². The predicted octanol–water partition coefficient (Wildman–Crippen LogP) is 2.03. The Hall–Kier alpha value is -0.340. The number of nitrogens with two attached hydrogens (primary N) is 1. The van der Waals surface area contributed by atoms with Crippen molar-refractivity contribution in [3.8, 4) is 0 Å². The van der Waals surface area contributed by atoms with E-state index in [9.17, 15) is 21.4 Å². The molecular formula is C14H15N3Na2O6S2. The van der Waals surface area contributed by atoms with Crippen molar-refractivity contribution < 1.29 is 25.9 Å². The third-order valence-corrected chi connectivity index (χ3v) is 5.09. The summed E-state index contributed by atoms with van der Waals surface area (Å²) >= 11 is 0. The van der Waals surface area contributed by atoms with E-state index in [2.05, 4.69) is 10.2 Å². The van der Waals surface area contributed by atoms with Gasteiger partial charge in [-0.25, -0.2) is 0 Å². The molecule has 0 atom stereocenters. The molecule has 0 amide bonds. The van der Waals surface area contributed by atoms with Gasteiger partial charge >= 0.3 is 0 Å². The van der Waals surface area contributed by atoms with Gasteiger partial charge in [0, 0.05) is 59.1 Å². The Balaban J connectivity index is 0.00000338. The molecule has 4 N–H and O–H groups in total. The third kappa shape index (κ3) is 6.89. The summed E-state index contributed by atoms with van der Waals surface area (Å²) in [6, 6.07) is 6.28. The summed E-state index contributed by atoms with van der Waals surface area (Å²) in [5.41, 5.74) is 6.82. The molecule has 2 rings (SSSR count). The summed E-state index contributed by atoms with van der Waals surface area (Å²) in [4.78, 5) is -0.749. The Labute approximate surface area is 201 Å². The first-order chi connectivity index (χ1) is 11.4. The van der Waals surface area contributed by atoms with E-state index >= 15 is 0 Å². The number of rotatable bonds is 4. The summed E-state index contributed by atoms with van der Waals surface area (Å²) < 4.78 is 63.0. The molecule has 0 saturated heterocycles. The van der Waals surface area contributed by atoms with E-state index in [4.69, 9.17) is 10.3 Å². The van der Waals surface area contributed by atoms with E-state index in [0.717, 1.165) is 12.1 Å². The molecule has 13 heteroatoms. The Bertz CT molecular complexity index is 1090. The molecule has 136 valence electrons. The predicted molar refractivity (Wildman–Crippen MR) is 102 cm³/mol. The molecule has 0 spiro atoms. The quantitative estimate of drug-likeness (QED) is 0.289. The monoisotopic (exact) mass is 431 g/mol. The van der Waals surface area contributed by atoms with Crippen LogP contribution in [0.2, 0.25) is 0 Å². The molecule has 0 aliphatic rings. The normalized spacial score (nSPS) is 11.7.